The van der Waals surface area contributed by atoms with E-state index >= 15 is 0 Å². The highest BCUT2D eigenvalue weighted by atomic mass is 16.5. The molecule has 0 aromatic heterocycles. The van der Waals surface area contributed by atoms with Crippen molar-refractivity contribution in [1.29, 1.82) is 0 Å². The highest BCUT2D eigenvalue weighted by molar-refractivity contribution is 4.72. The Morgan fingerprint density at radius 3 is 2.36 bits per heavy atom. The van der Waals surface area contributed by atoms with Crippen LogP contribution in [0.4, 0.5) is 0 Å². The smallest absolute Gasteiger partial charge is 0.0949 e. The molecule has 0 aliphatic carbocycles. The summed E-state index contributed by atoms with van der Waals surface area (Å²) in [6, 6.07) is 0. The molecule has 1 fully saturated rings. The van der Waals surface area contributed by atoms with E-state index in [1.54, 1.807) is 0 Å². The summed E-state index contributed by atoms with van der Waals surface area (Å²) in [5, 5.41) is 10.3. The van der Waals surface area contributed by atoms with Gasteiger partial charge in [0.15, 0.2) is 0 Å². The number of hydrogen-bond acceptors (Lipinski definition) is 2. The van der Waals surface area contributed by atoms with Crippen LogP contribution < -0.4 is 0 Å². The van der Waals surface area contributed by atoms with Crippen molar-refractivity contribution >= 4 is 0 Å². The van der Waals surface area contributed by atoms with Gasteiger partial charge in [0.1, 0.15) is 0 Å². The molecule has 1 aliphatic rings. The molecule has 1 radical (unpaired) electrons. The van der Waals surface area contributed by atoms with Crippen LogP contribution in [0.25, 0.3) is 0 Å². The van der Waals surface area contributed by atoms with Crippen LogP contribution in [0, 0.1) is 0 Å². The number of ether oxygens (including phenoxy) is 1. The molecule has 0 unspecified atom stereocenters. The summed E-state index contributed by atoms with van der Waals surface area (Å²) in [5.74, 6) is 0. The molecule has 0 amide bonds. The largest absolute Gasteiger partial charge is 0.373 e. The number of morpholine rings is 1. The van der Waals surface area contributed by atoms with Crippen molar-refractivity contribution in [1.82, 2.24) is 4.90 Å². The molecular formula is C8H16NO2. The SMILES string of the molecule is C[C@@H]1CN(CC[O])C[C@@H](C)O1. The molecule has 0 N–H and O–H groups in total. The Bertz CT molecular complexity index is 109. The summed E-state index contributed by atoms with van der Waals surface area (Å²) < 4.78 is 5.52. The van der Waals surface area contributed by atoms with E-state index < -0.39 is 0 Å². The molecule has 1 saturated heterocycles. The Morgan fingerprint density at radius 1 is 1.36 bits per heavy atom. The van der Waals surface area contributed by atoms with Gasteiger partial charge < -0.3 is 4.74 Å². The third kappa shape index (κ3) is 2.77. The average Bonchev–Trinajstić information content (AvgIpc) is 1.85. The first-order valence-electron chi connectivity index (χ1n) is 4.18. The quantitative estimate of drug-likeness (QED) is 0.587. The lowest BCUT2D eigenvalue weighted by Gasteiger charge is -2.34. The van der Waals surface area contributed by atoms with Gasteiger partial charge in [0, 0.05) is 19.6 Å². The Labute approximate surface area is 68.0 Å². The minimum absolute atomic E-state index is 0.000556. The summed E-state index contributed by atoms with van der Waals surface area (Å²) in [4.78, 5) is 2.17. The third-order valence-corrected chi connectivity index (χ3v) is 1.90. The van der Waals surface area contributed by atoms with Gasteiger partial charge in [0.2, 0.25) is 0 Å². The van der Waals surface area contributed by atoms with Crippen molar-refractivity contribution < 1.29 is 9.84 Å². The van der Waals surface area contributed by atoms with E-state index in [9.17, 15) is 5.11 Å². The van der Waals surface area contributed by atoms with Crippen LogP contribution >= 0.6 is 0 Å². The zero-order valence-electron chi connectivity index (χ0n) is 7.25. The van der Waals surface area contributed by atoms with E-state index in [-0.39, 0.29) is 18.8 Å². The second-order valence-corrected chi connectivity index (χ2v) is 3.22. The summed E-state index contributed by atoms with van der Waals surface area (Å²) in [6.45, 7) is 6.58. The molecule has 0 aromatic rings. The zero-order valence-corrected chi connectivity index (χ0v) is 7.25. The Morgan fingerprint density at radius 2 is 1.91 bits per heavy atom. The maximum Gasteiger partial charge on any atom is 0.0949 e. The minimum Gasteiger partial charge on any atom is -0.373 e. The second kappa shape index (κ2) is 4.04. The van der Waals surface area contributed by atoms with Crippen molar-refractivity contribution in [3.63, 3.8) is 0 Å². The summed E-state index contributed by atoms with van der Waals surface area (Å²) in [7, 11) is 0. The van der Waals surface area contributed by atoms with E-state index in [4.69, 9.17) is 4.74 Å². The second-order valence-electron chi connectivity index (χ2n) is 3.22. The number of nitrogens with zero attached hydrogens (tertiary/aromatic N) is 1. The summed E-state index contributed by atoms with van der Waals surface area (Å²) in [5.41, 5.74) is 0. The first kappa shape index (κ1) is 8.97. The highest BCUT2D eigenvalue weighted by Crippen LogP contribution is 2.09. The van der Waals surface area contributed by atoms with E-state index in [1.165, 1.54) is 0 Å². The zero-order chi connectivity index (χ0) is 8.27. The molecule has 65 valence electrons. The van der Waals surface area contributed by atoms with Gasteiger partial charge in [0.25, 0.3) is 0 Å². The predicted molar refractivity (Wildman–Crippen MR) is 42.0 cm³/mol. The standard InChI is InChI=1S/C8H16NO2/c1-7-5-9(3-4-10)6-8(2)11-7/h7-8H,3-6H2,1-2H3/t7-,8-/m1/s1. The number of rotatable bonds is 2. The van der Waals surface area contributed by atoms with E-state index in [0.29, 0.717) is 6.54 Å². The molecule has 0 saturated carbocycles. The van der Waals surface area contributed by atoms with Crippen LogP contribution in [0.2, 0.25) is 0 Å². The van der Waals surface area contributed by atoms with Crippen LogP contribution in [0.3, 0.4) is 0 Å². The molecule has 3 nitrogen and oxygen atoms in total. The van der Waals surface area contributed by atoms with Gasteiger partial charge in [-0.25, -0.2) is 5.11 Å². The van der Waals surface area contributed by atoms with Crippen molar-refractivity contribution in [3.8, 4) is 0 Å². The predicted octanol–water partition coefficient (Wildman–Crippen LogP) is 0.526. The number of hydrogen-bond donors (Lipinski definition) is 0. The van der Waals surface area contributed by atoms with Crippen LogP contribution in [0.1, 0.15) is 13.8 Å². The fourth-order valence-electron chi connectivity index (χ4n) is 1.60. The van der Waals surface area contributed by atoms with Crippen LogP contribution in [0.5, 0.6) is 0 Å². The van der Waals surface area contributed by atoms with E-state index in [1.807, 2.05) is 13.8 Å². The van der Waals surface area contributed by atoms with Crippen molar-refractivity contribution in [2.24, 2.45) is 0 Å². The molecule has 0 bridgehead atoms. The first-order valence-corrected chi connectivity index (χ1v) is 4.18. The lowest BCUT2D eigenvalue weighted by atomic mass is 10.2. The monoisotopic (exact) mass is 158 g/mol. The lowest BCUT2D eigenvalue weighted by Crippen LogP contribution is -2.46. The molecule has 0 spiro atoms. The van der Waals surface area contributed by atoms with Crippen molar-refractivity contribution in [2.75, 3.05) is 26.2 Å². The van der Waals surface area contributed by atoms with Crippen molar-refractivity contribution in [2.45, 2.75) is 26.1 Å². The molecular weight excluding hydrogens is 142 g/mol. The Hall–Kier alpha value is -0.120. The van der Waals surface area contributed by atoms with Gasteiger partial charge in [-0.2, -0.15) is 0 Å². The van der Waals surface area contributed by atoms with Crippen molar-refractivity contribution in [3.05, 3.63) is 0 Å². The van der Waals surface area contributed by atoms with Crippen LogP contribution in [0.15, 0.2) is 0 Å². The highest BCUT2D eigenvalue weighted by Gasteiger charge is 2.21. The summed E-state index contributed by atoms with van der Waals surface area (Å²) >= 11 is 0. The fraction of sp³-hybridized carbons (Fsp3) is 1.00. The Kier molecular flexibility index (Phi) is 3.30. The van der Waals surface area contributed by atoms with E-state index in [0.717, 1.165) is 13.1 Å². The molecule has 1 heterocycles. The van der Waals surface area contributed by atoms with Gasteiger partial charge in [0.05, 0.1) is 18.8 Å². The van der Waals surface area contributed by atoms with E-state index in [2.05, 4.69) is 4.90 Å². The lowest BCUT2D eigenvalue weighted by molar-refractivity contribution is -0.0724. The topological polar surface area (TPSA) is 32.4 Å². The van der Waals surface area contributed by atoms with Gasteiger partial charge >= 0.3 is 0 Å². The van der Waals surface area contributed by atoms with Crippen LogP contribution in [-0.2, 0) is 9.84 Å². The first-order chi connectivity index (χ1) is 5.22. The Balaban J connectivity index is 2.30. The molecule has 1 rings (SSSR count). The van der Waals surface area contributed by atoms with Gasteiger partial charge in [-0.15, -0.1) is 0 Å². The molecule has 11 heavy (non-hydrogen) atoms. The van der Waals surface area contributed by atoms with Gasteiger partial charge in [-0.3, -0.25) is 4.90 Å². The molecule has 2 atom stereocenters. The maximum atomic E-state index is 10.3. The molecule has 1 aliphatic heterocycles. The minimum atomic E-state index is -0.000556. The van der Waals surface area contributed by atoms with Gasteiger partial charge in [-0.05, 0) is 13.8 Å². The average molecular weight is 158 g/mol. The normalized spacial score (nSPS) is 34.1. The van der Waals surface area contributed by atoms with Gasteiger partial charge in [-0.1, -0.05) is 0 Å². The fourth-order valence-corrected chi connectivity index (χ4v) is 1.60. The molecule has 0 aromatic carbocycles. The summed E-state index contributed by atoms with van der Waals surface area (Å²) in [6.07, 6.45) is 0.565. The molecule has 3 heteroatoms. The third-order valence-electron chi connectivity index (χ3n) is 1.90. The van der Waals surface area contributed by atoms with Crippen LogP contribution in [-0.4, -0.2) is 43.3 Å². The maximum absolute atomic E-state index is 10.3.